The lowest BCUT2D eigenvalue weighted by Crippen LogP contribution is -2.05. The molecular formula is C17H15NO2S. The van der Waals surface area contributed by atoms with Crippen LogP contribution in [0.2, 0.25) is 0 Å². The summed E-state index contributed by atoms with van der Waals surface area (Å²) in [4.78, 5) is 17.0. The van der Waals surface area contributed by atoms with E-state index in [2.05, 4.69) is 4.98 Å². The van der Waals surface area contributed by atoms with Crippen molar-refractivity contribution in [1.29, 1.82) is 0 Å². The van der Waals surface area contributed by atoms with E-state index in [1.54, 1.807) is 24.6 Å². The van der Waals surface area contributed by atoms with E-state index in [0.29, 0.717) is 11.1 Å². The molecule has 2 heterocycles. The van der Waals surface area contributed by atoms with Gasteiger partial charge in [-0.3, -0.25) is 9.78 Å². The molecule has 0 N–H and O–H groups in total. The first-order chi connectivity index (χ1) is 10.1. The molecule has 2 aromatic heterocycles. The van der Waals surface area contributed by atoms with E-state index in [1.807, 2.05) is 43.5 Å². The van der Waals surface area contributed by atoms with E-state index in [1.165, 1.54) is 0 Å². The number of hydrogen-bond acceptors (Lipinski definition) is 4. The molecule has 1 aromatic carbocycles. The van der Waals surface area contributed by atoms with Gasteiger partial charge in [-0.25, -0.2) is 0 Å². The molecule has 3 nitrogen and oxygen atoms in total. The van der Waals surface area contributed by atoms with Crippen LogP contribution in [0.4, 0.5) is 0 Å². The normalized spacial score (nSPS) is 10.8. The van der Waals surface area contributed by atoms with Gasteiger partial charge in [0.25, 0.3) is 0 Å². The van der Waals surface area contributed by atoms with E-state index in [-0.39, 0.29) is 5.78 Å². The molecule has 0 fully saturated rings. The van der Waals surface area contributed by atoms with Gasteiger partial charge in [-0.15, -0.1) is 11.3 Å². The summed E-state index contributed by atoms with van der Waals surface area (Å²) in [5.74, 6) is 0.803. The number of carbonyl (C=O) groups excluding carboxylic acids is 1. The molecule has 0 bridgehead atoms. The number of ketones is 1. The minimum absolute atomic E-state index is 0.000975. The first-order valence-corrected chi connectivity index (χ1v) is 7.51. The van der Waals surface area contributed by atoms with Crippen molar-refractivity contribution in [3.8, 4) is 5.75 Å². The van der Waals surface area contributed by atoms with E-state index < -0.39 is 0 Å². The zero-order chi connectivity index (χ0) is 15.0. The highest BCUT2D eigenvalue weighted by atomic mass is 32.1. The Morgan fingerprint density at radius 3 is 2.76 bits per heavy atom. The Bertz CT molecular complexity index is 836. The second-order valence-corrected chi connectivity index (χ2v) is 5.94. The van der Waals surface area contributed by atoms with Crippen molar-refractivity contribution >= 4 is 27.3 Å². The largest absolute Gasteiger partial charge is 0.496 e. The highest BCUT2D eigenvalue weighted by Crippen LogP contribution is 2.26. The molecule has 0 saturated heterocycles. The Hall–Kier alpha value is -2.20. The molecule has 0 saturated carbocycles. The zero-order valence-electron chi connectivity index (χ0n) is 12.1. The second-order valence-electron chi connectivity index (χ2n) is 4.99. The lowest BCUT2D eigenvalue weighted by atomic mass is 9.97. The Kier molecular flexibility index (Phi) is 3.47. The van der Waals surface area contributed by atoms with Crippen molar-refractivity contribution in [2.45, 2.75) is 13.8 Å². The number of ether oxygens (including phenoxy) is 1. The van der Waals surface area contributed by atoms with Crippen LogP contribution in [0.15, 0.2) is 35.8 Å². The van der Waals surface area contributed by atoms with E-state index in [0.717, 1.165) is 27.1 Å². The molecule has 0 atom stereocenters. The van der Waals surface area contributed by atoms with Crippen molar-refractivity contribution in [1.82, 2.24) is 4.98 Å². The van der Waals surface area contributed by atoms with Gasteiger partial charge in [-0.2, -0.15) is 0 Å². The van der Waals surface area contributed by atoms with Crippen LogP contribution >= 0.6 is 11.3 Å². The van der Waals surface area contributed by atoms with Gasteiger partial charge in [0.15, 0.2) is 5.78 Å². The molecule has 0 amide bonds. The summed E-state index contributed by atoms with van der Waals surface area (Å²) in [6.07, 6.45) is 1.65. The summed E-state index contributed by atoms with van der Waals surface area (Å²) >= 11 is 1.59. The maximum atomic E-state index is 12.7. The van der Waals surface area contributed by atoms with Crippen LogP contribution in [0.3, 0.4) is 0 Å². The molecule has 4 heteroatoms. The number of fused-ring (bicyclic) bond motifs is 1. The summed E-state index contributed by atoms with van der Waals surface area (Å²) in [7, 11) is 1.64. The average molecular weight is 297 g/mol. The number of rotatable bonds is 3. The monoisotopic (exact) mass is 297 g/mol. The number of methoxy groups -OCH3 is 1. The van der Waals surface area contributed by atoms with E-state index >= 15 is 0 Å². The summed E-state index contributed by atoms with van der Waals surface area (Å²) in [5, 5.41) is 1.98. The van der Waals surface area contributed by atoms with Gasteiger partial charge in [-0.05, 0) is 54.6 Å². The van der Waals surface area contributed by atoms with Gasteiger partial charge in [0.05, 0.1) is 17.3 Å². The third-order valence-electron chi connectivity index (χ3n) is 3.55. The van der Waals surface area contributed by atoms with Gasteiger partial charge in [0.1, 0.15) is 5.75 Å². The predicted molar refractivity (Wildman–Crippen MR) is 85.5 cm³/mol. The van der Waals surface area contributed by atoms with Crippen LogP contribution < -0.4 is 4.74 Å². The number of carbonyl (C=O) groups is 1. The third-order valence-corrected chi connectivity index (χ3v) is 4.40. The fourth-order valence-corrected chi connectivity index (χ4v) is 3.16. The molecule has 0 aliphatic rings. The topological polar surface area (TPSA) is 39.2 Å². The number of thiophene rings is 1. The molecule has 0 unspecified atom stereocenters. The van der Waals surface area contributed by atoms with Gasteiger partial charge in [0, 0.05) is 17.3 Å². The molecule has 0 aliphatic carbocycles. The van der Waals surface area contributed by atoms with Crippen LogP contribution in [-0.2, 0) is 0 Å². The molecular weight excluding hydrogens is 282 g/mol. The third kappa shape index (κ3) is 2.43. The average Bonchev–Trinajstić information content (AvgIpc) is 2.95. The fraction of sp³-hybridized carbons (Fsp3) is 0.176. The van der Waals surface area contributed by atoms with Gasteiger partial charge in [0.2, 0.25) is 0 Å². The molecule has 3 aromatic rings. The van der Waals surface area contributed by atoms with Crippen molar-refractivity contribution in [3.05, 3.63) is 58.1 Å². The molecule has 0 spiro atoms. The zero-order valence-corrected chi connectivity index (χ0v) is 13.0. The first-order valence-electron chi connectivity index (χ1n) is 6.63. The van der Waals surface area contributed by atoms with Gasteiger partial charge >= 0.3 is 0 Å². The highest BCUT2D eigenvalue weighted by molar-refractivity contribution is 7.17. The molecule has 3 rings (SSSR count). The number of hydrogen-bond donors (Lipinski definition) is 0. The van der Waals surface area contributed by atoms with Crippen LogP contribution in [0.1, 0.15) is 27.0 Å². The number of pyridine rings is 1. The maximum absolute atomic E-state index is 12.7. The standard InChI is InChI=1S/C17H15NO2S/c1-10-7-15(20-3)11(2)6-13(10)17(19)12-8-16-14(18-9-12)4-5-21-16/h4-9H,1-3H3. The lowest BCUT2D eigenvalue weighted by molar-refractivity contribution is 0.103. The Morgan fingerprint density at radius 2 is 2.00 bits per heavy atom. The summed E-state index contributed by atoms with van der Waals surface area (Å²) in [6.45, 7) is 3.86. The van der Waals surface area contributed by atoms with E-state index in [9.17, 15) is 4.79 Å². The number of aryl methyl sites for hydroxylation is 2. The number of aromatic nitrogens is 1. The van der Waals surface area contributed by atoms with Crippen LogP contribution in [0, 0.1) is 13.8 Å². The Labute approximate surface area is 127 Å². The van der Waals surface area contributed by atoms with Crippen molar-refractivity contribution in [3.63, 3.8) is 0 Å². The van der Waals surface area contributed by atoms with Crippen molar-refractivity contribution in [2.24, 2.45) is 0 Å². The molecule has 0 radical (unpaired) electrons. The Morgan fingerprint density at radius 1 is 1.19 bits per heavy atom. The minimum atomic E-state index is 0.000975. The first kappa shape index (κ1) is 13.8. The highest BCUT2D eigenvalue weighted by Gasteiger charge is 2.15. The summed E-state index contributed by atoms with van der Waals surface area (Å²) < 4.78 is 6.32. The fourth-order valence-electron chi connectivity index (χ4n) is 2.38. The smallest absolute Gasteiger partial charge is 0.194 e. The van der Waals surface area contributed by atoms with Crippen LogP contribution in [0.5, 0.6) is 5.75 Å². The molecule has 21 heavy (non-hydrogen) atoms. The van der Waals surface area contributed by atoms with E-state index in [4.69, 9.17) is 4.74 Å². The van der Waals surface area contributed by atoms with Crippen LogP contribution in [-0.4, -0.2) is 17.9 Å². The Balaban J connectivity index is 2.07. The van der Waals surface area contributed by atoms with Crippen LogP contribution in [0.25, 0.3) is 10.2 Å². The lowest BCUT2D eigenvalue weighted by Gasteiger charge is -2.10. The second kappa shape index (κ2) is 5.30. The van der Waals surface area contributed by atoms with Gasteiger partial charge in [-0.1, -0.05) is 0 Å². The number of nitrogens with zero attached hydrogens (tertiary/aromatic N) is 1. The van der Waals surface area contributed by atoms with Crippen molar-refractivity contribution in [2.75, 3.05) is 7.11 Å². The molecule has 0 aliphatic heterocycles. The SMILES string of the molecule is COc1cc(C)c(C(=O)c2cnc3ccsc3c2)cc1C. The summed E-state index contributed by atoms with van der Waals surface area (Å²) in [5.41, 5.74) is 4.12. The van der Waals surface area contributed by atoms with Gasteiger partial charge < -0.3 is 4.74 Å². The maximum Gasteiger partial charge on any atom is 0.194 e. The number of benzene rings is 1. The molecule has 106 valence electrons. The van der Waals surface area contributed by atoms with Crippen molar-refractivity contribution < 1.29 is 9.53 Å². The predicted octanol–water partition coefficient (Wildman–Crippen LogP) is 4.15. The quantitative estimate of drug-likeness (QED) is 0.682. The summed E-state index contributed by atoms with van der Waals surface area (Å²) in [6, 6.07) is 7.65. The minimum Gasteiger partial charge on any atom is -0.496 e.